The number of hydrogen-bond donors (Lipinski definition) is 8. The largest absolute Gasteiger partial charge is 0.504 e. The fourth-order valence-electron chi connectivity index (χ4n) is 14.2. The van der Waals surface area contributed by atoms with Crippen molar-refractivity contribution in [1.82, 2.24) is 21.3 Å². The number of phenolic OH excluding ortho intramolecular Hbond substituents is 1. The normalized spacial score (nSPS) is 31.2. The van der Waals surface area contributed by atoms with Crippen molar-refractivity contribution in [2.45, 2.75) is 140 Å². The lowest BCUT2D eigenvalue weighted by Crippen LogP contribution is -2.59. The Hall–Kier alpha value is -4.70. The van der Waals surface area contributed by atoms with E-state index in [-0.39, 0.29) is 41.9 Å². The molecule has 0 radical (unpaired) electrons. The second-order valence-electron chi connectivity index (χ2n) is 21.9. The van der Waals surface area contributed by atoms with Gasteiger partial charge in [-0.2, -0.15) is 0 Å². The molecule has 1 spiro atoms. The number of aryl methyl sites for hydroxylation is 1. The fraction of sp³-hybridized carbons (Fsp3) is 0.593. The molecule has 11 nitrogen and oxygen atoms in total. The molecule has 3 saturated carbocycles. The van der Waals surface area contributed by atoms with Gasteiger partial charge in [0, 0.05) is 56.3 Å². The summed E-state index contributed by atoms with van der Waals surface area (Å²) in [5.74, 6) is 10.6. The van der Waals surface area contributed by atoms with Crippen LogP contribution in [0.2, 0.25) is 0 Å². The van der Waals surface area contributed by atoms with Gasteiger partial charge in [0.05, 0.1) is 25.1 Å². The van der Waals surface area contributed by atoms with Crippen LogP contribution in [0.5, 0.6) is 11.5 Å². The molecule has 9 N–H and O–H groups in total. The third-order valence-corrected chi connectivity index (χ3v) is 17.8. The van der Waals surface area contributed by atoms with Gasteiger partial charge in [0.2, 0.25) is 0 Å². The number of nitrogens with two attached hydrogens (primary N) is 1. The van der Waals surface area contributed by atoms with Crippen LogP contribution in [-0.2, 0) is 16.0 Å². The zero-order valence-corrected chi connectivity index (χ0v) is 41.9. The Morgan fingerprint density at radius 2 is 1.81 bits per heavy atom. The molecule has 0 aromatic heterocycles. The van der Waals surface area contributed by atoms with Crippen LogP contribution < -0.4 is 31.7 Å². The zero-order chi connectivity index (χ0) is 48.9. The monoisotopic (exact) mass is 954 g/mol. The van der Waals surface area contributed by atoms with E-state index in [1.54, 1.807) is 6.07 Å². The van der Waals surface area contributed by atoms with E-state index in [1.165, 1.54) is 7.11 Å². The van der Waals surface area contributed by atoms with Crippen LogP contribution in [0, 0.1) is 52.8 Å². The van der Waals surface area contributed by atoms with Crippen LogP contribution in [-0.4, -0.2) is 91.0 Å². The van der Waals surface area contributed by atoms with Crippen LogP contribution in [0.4, 0.5) is 0 Å². The first-order valence-corrected chi connectivity index (χ1v) is 26.9. The van der Waals surface area contributed by atoms with Crippen LogP contribution >= 0.6 is 0 Å². The topological polar surface area (TPSA) is 178 Å². The number of aliphatic hydroxyl groups is 2. The van der Waals surface area contributed by atoms with E-state index in [0.717, 1.165) is 91.3 Å². The number of ketones is 2. The van der Waals surface area contributed by atoms with Crippen molar-refractivity contribution in [3.05, 3.63) is 94.8 Å². The van der Waals surface area contributed by atoms with E-state index in [2.05, 4.69) is 83.4 Å². The van der Waals surface area contributed by atoms with Crippen LogP contribution in [0.1, 0.15) is 126 Å². The van der Waals surface area contributed by atoms with Gasteiger partial charge in [0.25, 0.3) is 0 Å². The van der Waals surface area contributed by atoms with Crippen molar-refractivity contribution in [2.75, 3.05) is 39.8 Å². The van der Waals surface area contributed by atoms with Crippen LogP contribution in [0.3, 0.4) is 0 Å². The summed E-state index contributed by atoms with van der Waals surface area (Å²) in [6.07, 6.45) is 12.0. The van der Waals surface area contributed by atoms with Gasteiger partial charge in [0.15, 0.2) is 17.3 Å². The molecule has 2 heterocycles. The van der Waals surface area contributed by atoms with Crippen LogP contribution in [0.25, 0.3) is 10.8 Å². The predicted octanol–water partition coefficient (Wildman–Crippen LogP) is 7.53. The number of likely N-dealkylation sites (N-methyl/N-ethyl adjacent to an activating group) is 1. The highest BCUT2D eigenvalue weighted by atomic mass is 16.5. The number of rotatable bonds is 16. The first kappa shape index (κ1) is 50.2. The number of ether oxygens (including phenoxy) is 1. The maximum atomic E-state index is 14.8. The molecule has 13 unspecified atom stereocenters. The lowest BCUT2D eigenvalue weighted by Gasteiger charge is -2.55. The Balaban J connectivity index is 0.978. The highest BCUT2D eigenvalue weighted by molar-refractivity contribution is 5.89. The minimum absolute atomic E-state index is 0.0127. The van der Waals surface area contributed by atoms with Gasteiger partial charge >= 0.3 is 0 Å². The number of benzene rings is 3. The number of aliphatic hydroxyl groups excluding tert-OH is 2. The molecule has 9 rings (SSSR count). The quantitative estimate of drug-likeness (QED) is 0.0526. The summed E-state index contributed by atoms with van der Waals surface area (Å²) in [4.78, 5) is 27.4. The molecule has 4 aliphatic carbocycles. The van der Waals surface area contributed by atoms with Gasteiger partial charge in [-0.3, -0.25) is 9.59 Å². The molecule has 4 fully saturated rings. The van der Waals surface area contributed by atoms with Crippen molar-refractivity contribution in [3.63, 3.8) is 0 Å². The molecular weight excluding hydrogens is 875 g/mol. The molecule has 1 saturated heterocycles. The average molecular weight is 954 g/mol. The second-order valence-corrected chi connectivity index (χ2v) is 21.9. The molecule has 6 aliphatic rings. The summed E-state index contributed by atoms with van der Waals surface area (Å²) in [5.41, 5.74) is 9.00. The fourth-order valence-corrected chi connectivity index (χ4v) is 14.2. The summed E-state index contributed by atoms with van der Waals surface area (Å²) in [6.45, 7) is 8.72. The molecule has 13 atom stereocenters. The standard InChI is InChI=1S/C59H79N5O6/c1-4-23-61-35-53(62-5-2)51-32-50-43(34-64-52-31-45(66)15-16-46(50)52)26-49(51)41-19-22-59(57(69)28-41)21-18-37(48-33-54(67)55(70-3)27-40(48)13-17-56(59)68)12-14-44(65)30-47(42-20-24-63-58(60)29-42)39-11-10-36-8-6-7-9-38(36)25-39/h6-11,20,25,27,29,33,37,41,43-44,46-47,49-53,57,61-65,67,69H,4-5,12-17,19,22-24,26,28,30-32,34-35,60H2,1-3H3. The Labute approximate surface area is 416 Å². The lowest BCUT2D eigenvalue weighted by atomic mass is 9.53. The van der Waals surface area contributed by atoms with Crippen molar-refractivity contribution in [2.24, 2.45) is 46.7 Å². The Morgan fingerprint density at radius 3 is 2.60 bits per heavy atom. The van der Waals surface area contributed by atoms with Crippen LogP contribution in [0.15, 0.2) is 78.1 Å². The highest BCUT2D eigenvalue weighted by Gasteiger charge is 2.54. The number of carbonyl (C=O) groups is 2. The van der Waals surface area contributed by atoms with E-state index in [1.807, 2.05) is 24.3 Å². The highest BCUT2D eigenvalue weighted by Crippen LogP contribution is 2.54. The van der Waals surface area contributed by atoms with E-state index in [4.69, 9.17) is 10.5 Å². The Morgan fingerprint density at radius 1 is 0.971 bits per heavy atom. The Bertz CT molecular complexity index is 2480. The molecule has 70 heavy (non-hydrogen) atoms. The predicted molar refractivity (Wildman–Crippen MR) is 277 cm³/mol. The SMILES string of the molecule is CCCNCC(NCC)C1CC2C(CNC3CC(=O)CCC32)CC1C1CCC2(C#CC(CCC(O)CC(C3=CCNC(N)=C3)c3ccc4ccccc4c3)c3cc(O)c(OC)cc3CCC2=O)C(O)C1. The number of Topliss-reactive ketones (excluding diaryl/α,β-unsaturated/α-hetero) is 2. The van der Waals surface area contributed by atoms with Gasteiger partial charge < -0.3 is 47.1 Å². The molecule has 376 valence electrons. The molecule has 3 aromatic carbocycles. The van der Waals surface area contributed by atoms with Gasteiger partial charge in [-0.05, 0) is 177 Å². The summed E-state index contributed by atoms with van der Waals surface area (Å²) < 4.78 is 5.58. The number of allylic oxidation sites excluding steroid dienone is 2. The van der Waals surface area contributed by atoms with Gasteiger partial charge in [-0.1, -0.05) is 74.2 Å². The summed E-state index contributed by atoms with van der Waals surface area (Å²) in [5, 5.41) is 52.8. The van der Waals surface area contributed by atoms with E-state index >= 15 is 0 Å². The van der Waals surface area contributed by atoms with Gasteiger partial charge in [-0.15, -0.1) is 0 Å². The van der Waals surface area contributed by atoms with E-state index in [0.29, 0.717) is 105 Å². The number of nitrogens with one attached hydrogen (secondary N) is 4. The third kappa shape index (κ3) is 10.7. The van der Waals surface area contributed by atoms with Crippen molar-refractivity contribution < 1.29 is 29.6 Å². The smallest absolute Gasteiger partial charge is 0.160 e. The zero-order valence-electron chi connectivity index (χ0n) is 41.9. The first-order chi connectivity index (χ1) is 34.0. The molecule has 3 aromatic rings. The number of dihydropyridines is 1. The number of methoxy groups -OCH3 is 1. The number of aromatic hydroxyl groups is 1. The van der Waals surface area contributed by atoms with E-state index in [9.17, 15) is 24.9 Å². The minimum Gasteiger partial charge on any atom is -0.504 e. The molecule has 0 amide bonds. The molecule has 2 aliphatic heterocycles. The number of carbonyl (C=O) groups excluding carboxylic acids is 2. The van der Waals surface area contributed by atoms with Crippen molar-refractivity contribution >= 4 is 22.3 Å². The number of fused-ring (bicyclic) bond motifs is 5. The second kappa shape index (κ2) is 22.4. The average Bonchev–Trinajstić information content (AvgIpc) is 3.41. The summed E-state index contributed by atoms with van der Waals surface area (Å²) in [7, 11) is 1.53. The number of phenols is 1. The summed E-state index contributed by atoms with van der Waals surface area (Å²) in [6, 6.07) is 19.0. The van der Waals surface area contributed by atoms with Gasteiger partial charge in [0.1, 0.15) is 11.2 Å². The maximum Gasteiger partial charge on any atom is 0.160 e. The van der Waals surface area contributed by atoms with Gasteiger partial charge in [-0.25, -0.2) is 0 Å². The number of piperidine rings is 1. The lowest BCUT2D eigenvalue weighted by molar-refractivity contribution is -0.136. The first-order valence-electron chi connectivity index (χ1n) is 26.9. The Kier molecular flexibility index (Phi) is 16.1. The molecule has 11 heteroatoms. The number of hydrogen-bond acceptors (Lipinski definition) is 11. The molecule has 0 bridgehead atoms. The summed E-state index contributed by atoms with van der Waals surface area (Å²) >= 11 is 0. The van der Waals surface area contributed by atoms with Crippen molar-refractivity contribution in [1.29, 1.82) is 0 Å². The molecular formula is C59H79N5O6. The third-order valence-electron chi connectivity index (χ3n) is 17.8. The van der Waals surface area contributed by atoms with Crippen molar-refractivity contribution in [3.8, 4) is 23.3 Å². The maximum absolute atomic E-state index is 14.8. The minimum atomic E-state index is -1.21. The van der Waals surface area contributed by atoms with E-state index < -0.39 is 23.5 Å².